The average Bonchev–Trinajstić information content (AvgIpc) is 2.15. The lowest BCUT2D eigenvalue weighted by atomic mass is 9.90. The highest BCUT2D eigenvalue weighted by Crippen LogP contribution is 2.24. The normalized spacial score (nSPS) is 19.0. The van der Waals surface area contributed by atoms with Crippen molar-refractivity contribution >= 4 is 0 Å². The summed E-state index contributed by atoms with van der Waals surface area (Å²) in [4.78, 5) is 0. The molecule has 1 aromatic carbocycles. The van der Waals surface area contributed by atoms with Gasteiger partial charge in [-0.3, -0.25) is 0 Å². The summed E-state index contributed by atoms with van der Waals surface area (Å²) >= 11 is 0. The van der Waals surface area contributed by atoms with Crippen LogP contribution >= 0.6 is 0 Å². The molecule has 1 atom stereocenters. The van der Waals surface area contributed by atoms with Gasteiger partial charge in [-0.05, 0) is 17.5 Å². The van der Waals surface area contributed by atoms with Crippen LogP contribution in [-0.2, 0) is 6.42 Å². The van der Waals surface area contributed by atoms with Gasteiger partial charge in [0.15, 0.2) is 0 Å². The summed E-state index contributed by atoms with van der Waals surface area (Å²) in [5.74, 6) is 0.405. The molecule has 2 rings (SSSR count). The smallest absolute Gasteiger partial charge is 0.0842 e. The van der Waals surface area contributed by atoms with E-state index in [-0.39, 0.29) is 6.10 Å². The Labute approximate surface area is 85.0 Å². The third kappa shape index (κ3) is 1.81. The SMILES string of the molecule is CCc1ccc(C(O)C2CNC2)cc1. The Morgan fingerprint density at radius 2 is 2.00 bits per heavy atom. The zero-order chi connectivity index (χ0) is 9.97. The van der Waals surface area contributed by atoms with Crippen molar-refractivity contribution in [2.75, 3.05) is 13.1 Å². The number of benzene rings is 1. The molecule has 0 amide bonds. The monoisotopic (exact) mass is 191 g/mol. The van der Waals surface area contributed by atoms with Crippen LogP contribution in [0.4, 0.5) is 0 Å². The van der Waals surface area contributed by atoms with Crippen molar-refractivity contribution < 1.29 is 5.11 Å². The van der Waals surface area contributed by atoms with Crippen LogP contribution in [0.2, 0.25) is 0 Å². The first-order chi connectivity index (χ1) is 6.81. The van der Waals surface area contributed by atoms with Crippen molar-refractivity contribution in [3.8, 4) is 0 Å². The third-order valence-electron chi connectivity index (χ3n) is 2.99. The summed E-state index contributed by atoms with van der Waals surface area (Å²) in [6, 6.07) is 8.29. The van der Waals surface area contributed by atoms with Crippen LogP contribution in [0, 0.1) is 5.92 Å². The molecule has 1 saturated heterocycles. The predicted octanol–water partition coefficient (Wildman–Crippen LogP) is 1.50. The molecule has 1 aromatic rings. The molecule has 1 aliphatic rings. The van der Waals surface area contributed by atoms with Gasteiger partial charge < -0.3 is 10.4 Å². The molecule has 2 heteroatoms. The summed E-state index contributed by atoms with van der Waals surface area (Å²) in [6.07, 6.45) is 0.767. The Morgan fingerprint density at radius 1 is 1.36 bits per heavy atom. The first-order valence-electron chi connectivity index (χ1n) is 5.29. The van der Waals surface area contributed by atoms with Gasteiger partial charge in [-0.2, -0.15) is 0 Å². The van der Waals surface area contributed by atoms with Gasteiger partial charge in [0.25, 0.3) is 0 Å². The van der Waals surface area contributed by atoms with Crippen molar-refractivity contribution in [2.45, 2.75) is 19.4 Å². The van der Waals surface area contributed by atoms with Crippen LogP contribution in [0.15, 0.2) is 24.3 Å². The highest BCUT2D eigenvalue weighted by Gasteiger charge is 2.26. The van der Waals surface area contributed by atoms with Crippen molar-refractivity contribution in [3.05, 3.63) is 35.4 Å². The van der Waals surface area contributed by atoms with Crippen molar-refractivity contribution in [2.24, 2.45) is 5.92 Å². The lowest BCUT2D eigenvalue weighted by molar-refractivity contribution is 0.0767. The summed E-state index contributed by atoms with van der Waals surface area (Å²) in [6.45, 7) is 4.02. The van der Waals surface area contributed by atoms with Crippen LogP contribution in [-0.4, -0.2) is 18.2 Å². The van der Waals surface area contributed by atoms with Gasteiger partial charge in [-0.1, -0.05) is 31.2 Å². The van der Waals surface area contributed by atoms with E-state index in [0.717, 1.165) is 25.1 Å². The minimum absolute atomic E-state index is 0.290. The first kappa shape index (κ1) is 9.69. The first-order valence-corrected chi connectivity index (χ1v) is 5.29. The maximum Gasteiger partial charge on any atom is 0.0842 e. The van der Waals surface area contributed by atoms with E-state index < -0.39 is 0 Å². The van der Waals surface area contributed by atoms with Crippen LogP contribution in [0.25, 0.3) is 0 Å². The van der Waals surface area contributed by atoms with E-state index in [0.29, 0.717) is 5.92 Å². The molecule has 0 radical (unpaired) electrons. The van der Waals surface area contributed by atoms with Crippen LogP contribution in [0.5, 0.6) is 0 Å². The molecule has 1 heterocycles. The van der Waals surface area contributed by atoms with E-state index in [4.69, 9.17) is 0 Å². The van der Waals surface area contributed by atoms with Gasteiger partial charge in [-0.25, -0.2) is 0 Å². The molecule has 1 aliphatic heterocycles. The number of aliphatic hydroxyl groups is 1. The second kappa shape index (κ2) is 4.11. The number of hydrogen-bond donors (Lipinski definition) is 2. The molecule has 76 valence electrons. The van der Waals surface area contributed by atoms with E-state index >= 15 is 0 Å². The number of rotatable bonds is 3. The zero-order valence-electron chi connectivity index (χ0n) is 8.53. The fourth-order valence-corrected chi connectivity index (χ4v) is 1.76. The zero-order valence-corrected chi connectivity index (χ0v) is 8.53. The standard InChI is InChI=1S/C12H17NO/c1-2-9-3-5-10(6-4-9)12(14)11-7-13-8-11/h3-6,11-14H,2,7-8H2,1H3. The van der Waals surface area contributed by atoms with Gasteiger partial charge in [0.2, 0.25) is 0 Å². The van der Waals surface area contributed by atoms with E-state index in [2.05, 4.69) is 24.4 Å². The van der Waals surface area contributed by atoms with Crippen LogP contribution in [0.1, 0.15) is 24.2 Å². The predicted molar refractivity (Wildman–Crippen MR) is 57.1 cm³/mol. The van der Waals surface area contributed by atoms with Gasteiger partial charge in [0.05, 0.1) is 6.10 Å². The molecular formula is C12H17NO. The Bertz CT molecular complexity index is 290. The second-order valence-electron chi connectivity index (χ2n) is 3.96. The van der Waals surface area contributed by atoms with Crippen molar-refractivity contribution in [1.29, 1.82) is 0 Å². The topological polar surface area (TPSA) is 32.3 Å². The molecular weight excluding hydrogens is 174 g/mol. The highest BCUT2D eigenvalue weighted by atomic mass is 16.3. The van der Waals surface area contributed by atoms with Gasteiger partial charge in [0, 0.05) is 19.0 Å². The largest absolute Gasteiger partial charge is 0.388 e. The summed E-state index contributed by atoms with van der Waals surface area (Å²) in [5, 5.41) is 13.1. The summed E-state index contributed by atoms with van der Waals surface area (Å²) < 4.78 is 0. The molecule has 0 spiro atoms. The van der Waals surface area contributed by atoms with Crippen LogP contribution < -0.4 is 5.32 Å². The minimum Gasteiger partial charge on any atom is -0.388 e. The third-order valence-corrected chi connectivity index (χ3v) is 2.99. The molecule has 0 saturated carbocycles. The Morgan fingerprint density at radius 3 is 2.43 bits per heavy atom. The number of aryl methyl sites for hydroxylation is 1. The lowest BCUT2D eigenvalue weighted by Crippen LogP contribution is -2.45. The molecule has 0 aliphatic carbocycles. The Hall–Kier alpha value is -0.860. The summed E-state index contributed by atoms with van der Waals surface area (Å²) in [7, 11) is 0. The molecule has 1 unspecified atom stereocenters. The Kier molecular flexibility index (Phi) is 2.85. The molecule has 1 fully saturated rings. The van der Waals surface area contributed by atoms with E-state index in [9.17, 15) is 5.11 Å². The Balaban J connectivity index is 2.07. The summed E-state index contributed by atoms with van der Waals surface area (Å²) in [5.41, 5.74) is 2.38. The van der Waals surface area contributed by atoms with Gasteiger partial charge in [-0.15, -0.1) is 0 Å². The molecule has 0 aromatic heterocycles. The van der Waals surface area contributed by atoms with Crippen LogP contribution in [0.3, 0.4) is 0 Å². The quantitative estimate of drug-likeness (QED) is 0.759. The second-order valence-corrected chi connectivity index (χ2v) is 3.96. The van der Waals surface area contributed by atoms with E-state index in [1.807, 2.05) is 12.1 Å². The number of nitrogens with one attached hydrogen (secondary N) is 1. The van der Waals surface area contributed by atoms with E-state index in [1.54, 1.807) is 0 Å². The number of aliphatic hydroxyl groups excluding tert-OH is 1. The van der Waals surface area contributed by atoms with Crippen molar-refractivity contribution in [1.82, 2.24) is 5.32 Å². The van der Waals surface area contributed by atoms with E-state index in [1.165, 1.54) is 5.56 Å². The molecule has 0 bridgehead atoms. The van der Waals surface area contributed by atoms with Gasteiger partial charge in [0.1, 0.15) is 0 Å². The van der Waals surface area contributed by atoms with Gasteiger partial charge >= 0.3 is 0 Å². The number of hydrogen-bond acceptors (Lipinski definition) is 2. The highest BCUT2D eigenvalue weighted by molar-refractivity contribution is 5.25. The molecule has 14 heavy (non-hydrogen) atoms. The van der Waals surface area contributed by atoms with Crippen molar-refractivity contribution in [3.63, 3.8) is 0 Å². The molecule has 2 nitrogen and oxygen atoms in total. The maximum absolute atomic E-state index is 9.96. The molecule has 2 N–H and O–H groups in total. The maximum atomic E-state index is 9.96. The fourth-order valence-electron chi connectivity index (χ4n) is 1.76. The lowest BCUT2D eigenvalue weighted by Gasteiger charge is -2.31. The minimum atomic E-state index is -0.290. The average molecular weight is 191 g/mol. The fraction of sp³-hybridized carbons (Fsp3) is 0.500.